The van der Waals surface area contributed by atoms with Gasteiger partial charge in [-0.2, -0.15) is 0 Å². The summed E-state index contributed by atoms with van der Waals surface area (Å²) in [6.07, 6.45) is 3.64. The first-order valence-corrected chi connectivity index (χ1v) is 11.5. The van der Waals surface area contributed by atoms with E-state index in [2.05, 4.69) is 30.7 Å². The summed E-state index contributed by atoms with van der Waals surface area (Å²) < 4.78 is 7.09. The van der Waals surface area contributed by atoms with E-state index in [0.29, 0.717) is 16.7 Å². The van der Waals surface area contributed by atoms with Gasteiger partial charge in [0.25, 0.3) is 0 Å². The highest BCUT2D eigenvalue weighted by Gasteiger charge is 2.28. The van der Waals surface area contributed by atoms with Gasteiger partial charge >= 0.3 is 0 Å². The maximum atomic E-state index is 13.2. The number of halogens is 1. The number of imidazole rings is 1. The van der Waals surface area contributed by atoms with Gasteiger partial charge in [0.2, 0.25) is 11.8 Å². The molecule has 4 rings (SSSR count). The number of ether oxygens (including phenoxy) is 1. The first-order valence-electron chi connectivity index (χ1n) is 11.1. The van der Waals surface area contributed by atoms with Crippen LogP contribution in [0.1, 0.15) is 20.8 Å². The van der Waals surface area contributed by atoms with Crippen LogP contribution < -0.4 is 4.74 Å². The second-order valence-corrected chi connectivity index (χ2v) is 9.65. The number of aromatic nitrogens is 3. The van der Waals surface area contributed by atoms with Gasteiger partial charge in [0.1, 0.15) is 12.4 Å². The zero-order valence-corrected chi connectivity index (χ0v) is 20.3. The Bertz CT molecular complexity index is 1100. The third kappa shape index (κ3) is 5.37. The second kappa shape index (κ2) is 9.53. The molecule has 0 unspecified atom stereocenters. The van der Waals surface area contributed by atoms with Crippen molar-refractivity contribution in [3.8, 4) is 28.5 Å². The van der Waals surface area contributed by atoms with E-state index in [1.807, 2.05) is 46.0 Å². The average molecular weight is 468 g/mol. The second-order valence-electron chi connectivity index (χ2n) is 9.21. The molecule has 3 heterocycles. The van der Waals surface area contributed by atoms with Crippen molar-refractivity contribution in [3.05, 3.63) is 53.8 Å². The van der Waals surface area contributed by atoms with Crippen molar-refractivity contribution in [2.75, 3.05) is 33.3 Å². The Balaban J connectivity index is 1.59. The highest BCUT2D eigenvalue weighted by atomic mass is 35.5. The summed E-state index contributed by atoms with van der Waals surface area (Å²) in [4.78, 5) is 26.7. The van der Waals surface area contributed by atoms with Crippen molar-refractivity contribution in [3.63, 3.8) is 0 Å². The predicted molar refractivity (Wildman–Crippen MR) is 130 cm³/mol. The van der Waals surface area contributed by atoms with E-state index in [0.717, 1.165) is 43.0 Å². The van der Waals surface area contributed by atoms with Crippen molar-refractivity contribution >= 4 is 17.5 Å². The molecule has 0 spiro atoms. The van der Waals surface area contributed by atoms with Crippen LogP contribution in [0.4, 0.5) is 0 Å². The topological polar surface area (TPSA) is 63.5 Å². The number of carbonyl (C=O) groups is 1. The molecule has 2 aromatic heterocycles. The minimum Gasteiger partial charge on any atom is -0.481 e. The van der Waals surface area contributed by atoms with Crippen molar-refractivity contribution in [1.29, 1.82) is 0 Å². The lowest BCUT2D eigenvalue weighted by Gasteiger charge is -2.42. The number of rotatable bonds is 5. The first-order chi connectivity index (χ1) is 15.7. The summed E-state index contributed by atoms with van der Waals surface area (Å²) in [5.74, 6) is 1.31. The highest BCUT2D eigenvalue weighted by molar-refractivity contribution is 6.30. The zero-order chi connectivity index (χ0) is 23.6. The fourth-order valence-electron chi connectivity index (χ4n) is 4.03. The molecule has 8 heteroatoms. The van der Waals surface area contributed by atoms with Crippen LogP contribution in [0.25, 0.3) is 22.6 Å². The predicted octanol–water partition coefficient (Wildman–Crippen LogP) is 4.22. The summed E-state index contributed by atoms with van der Waals surface area (Å²) >= 11 is 6.05. The molecule has 33 heavy (non-hydrogen) atoms. The standard InChI is InChI=1S/C25H30ClN5O2/c1-25(2,3)31-13-11-29(12-14-31)23(32)17-30-16-21(18-5-8-20(26)9-6-18)28-24(30)19-7-10-22(33-4)27-15-19/h5-10,15-16H,11-14,17H2,1-4H3. The van der Waals surface area contributed by atoms with Gasteiger partial charge in [-0.05, 0) is 39.0 Å². The Morgan fingerprint density at radius 1 is 1.03 bits per heavy atom. The lowest BCUT2D eigenvalue weighted by molar-refractivity contribution is -0.134. The van der Waals surface area contributed by atoms with Crippen molar-refractivity contribution in [1.82, 2.24) is 24.3 Å². The number of nitrogens with zero attached hydrogens (tertiary/aromatic N) is 5. The first kappa shape index (κ1) is 23.3. The maximum Gasteiger partial charge on any atom is 0.242 e. The largest absolute Gasteiger partial charge is 0.481 e. The van der Waals surface area contributed by atoms with E-state index in [9.17, 15) is 4.79 Å². The number of methoxy groups -OCH3 is 1. The molecule has 0 N–H and O–H groups in total. The molecule has 1 amide bonds. The van der Waals surface area contributed by atoms with Gasteiger partial charge in [-0.25, -0.2) is 9.97 Å². The number of hydrogen-bond donors (Lipinski definition) is 0. The molecule has 3 aromatic rings. The molecule has 1 aromatic carbocycles. The molecule has 174 valence electrons. The monoisotopic (exact) mass is 467 g/mol. The molecule has 0 radical (unpaired) electrons. The third-order valence-corrected chi connectivity index (χ3v) is 6.26. The molecule has 1 aliphatic rings. The summed E-state index contributed by atoms with van der Waals surface area (Å²) in [5.41, 5.74) is 2.65. The molecule has 0 bridgehead atoms. The molecule has 1 saturated heterocycles. The molecular formula is C25H30ClN5O2. The summed E-state index contributed by atoms with van der Waals surface area (Å²) in [6, 6.07) is 11.2. The van der Waals surface area contributed by atoms with Crippen molar-refractivity contribution in [2.24, 2.45) is 0 Å². The fourth-order valence-corrected chi connectivity index (χ4v) is 4.16. The quantitative estimate of drug-likeness (QED) is 0.562. The van der Waals surface area contributed by atoms with Crippen molar-refractivity contribution < 1.29 is 9.53 Å². The van der Waals surface area contributed by atoms with E-state index in [-0.39, 0.29) is 18.0 Å². The number of amides is 1. The molecule has 1 fully saturated rings. The Morgan fingerprint density at radius 2 is 1.70 bits per heavy atom. The number of carbonyl (C=O) groups excluding carboxylic acids is 1. The number of benzene rings is 1. The molecule has 0 saturated carbocycles. The van der Waals surface area contributed by atoms with E-state index in [1.54, 1.807) is 19.4 Å². The highest BCUT2D eigenvalue weighted by Crippen LogP contribution is 2.27. The van der Waals surface area contributed by atoms with E-state index in [4.69, 9.17) is 21.3 Å². The Hall–Kier alpha value is -2.90. The van der Waals surface area contributed by atoms with Crippen LogP contribution in [0.3, 0.4) is 0 Å². The van der Waals surface area contributed by atoms with Crippen LogP contribution in [0, 0.1) is 0 Å². The van der Waals surface area contributed by atoms with Gasteiger partial charge < -0.3 is 14.2 Å². The normalized spacial score (nSPS) is 15.0. The van der Waals surface area contributed by atoms with Gasteiger partial charge in [0.15, 0.2) is 0 Å². The minimum absolute atomic E-state index is 0.0892. The van der Waals surface area contributed by atoms with E-state index < -0.39 is 0 Å². The zero-order valence-electron chi connectivity index (χ0n) is 19.6. The molecule has 0 atom stereocenters. The number of piperazine rings is 1. The lowest BCUT2D eigenvalue weighted by atomic mass is 10.0. The van der Waals surface area contributed by atoms with Crippen LogP contribution >= 0.6 is 11.6 Å². The fraction of sp³-hybridized carbons (Fsp3) is 0.400. The van der Waals surface area contributed by atoms with Crippen LogP contribution in [-0.2, 0) is 11.3 Å². The lowest BCUT2D eigenvalue weighted by Crippen LogP contribution is -2.55. The summed E-state index contributed by atoms with van der Waals surface area (Å²) in [7, 11) is 1.58. The summed E-state index contributed by atoms with van der Waals surface area (Å²) in [6.45, 7) is 10.1. The van der Waals surface area contributed by atoms with Gasteiger partial charge in [-0.15, -0.1) is 0 Å². The maximum absolute atomic E-state index is 13.2. The van der Waals surface area contributed by atoms with Crippen molar-refractivity contribution in [2.45, 2.75) is 32.9 Å². The number of pyridine rings is 1. The van der Waals surface area contributed by atoms with Gasteiger partial charge in [-0.1, -0.05) is 23.7 Å². The van der Waals surface area contributed by atoms with E-state index in [1.165, 1.54) is 0 Å². The number of hydrogen-bond acceptors (Lipinski definition) is 5. The molecular weight excluding hydrogens is 438 g/mol. The van der Waals surface area contributed by atoms with Gasteiger partial charge in [0.05, 0.1) is 12.8 Å². The smallest absolute Gasteiger partial charge is 0.242 e. The minimum atomic E-state index is 0.0892. The molecule has 1 aliphatic heterocycles. The molecule has 7 nitrogen and oxygen atoms in total. The summed E-state index contributed by atoms with van der Waals surface area (Å²) in [5, 5.41) is 0.669. The van der Waals surface area contributed by atoms with Crippen LogP contribution in [0.2, 0.25) is 5.02 Å². The average Bonchev–Trinajstić information content (AvgIpc) is 3.22. The SMILES string of the molecule is COc1ccc(-c2nc(-c3ccc(Cl)cc3)cn2CC(=O)N2CCN(C(C)(C)C)CC2)cn1. The van der Waals surface area contributed by atoms with Crippen LogP contribution in [0.5, 0.6) is 5.88 Å². The Labute approximate surface area is 200 Å². The Kier molecular flexibility index (Phi) is 6.72. The van der Waals surface area contributed by atoms with Gasteiger partial charge in [-0.3, -0.25) is 9.69 Å². The van der Waals surface area contributed by atoms with Crippen LogP contribution in [-0.4, -0.2) is 69.1 Å². The Morgan fingerprint density at radius 3 is 2.27 bits per heavy atom. The van der Waals surface area contributed by atoms with Crippen LogP contribution in [0.15, 0.2) is 48.8 Å². The molecule has 0 aliphatic carbocycles. The van der Waals surface area contributed by atoms with E-state index >= 15 is 0 Å². The third-order valence-electron chi connectivity index (χ3n) is 6.01. The van der Waals surface area contributed by atoms with Gasteiger partial charge in [0, 0.05) is 66.3 Å².